The van der Waals surface area contributed by atoms with E-state index in [4.69, 9.17) is 5.73 Å². The molecular weight excluding hydrogens is 396 g/mol. The van der Waals surface area contributed by atoms with E-state index < -0.39 is 11.6 Å². The van der Waals surface area contributed by atoms with Crippen molar-refractivity contribution in [2.24, 2.45) is 0 Å². The van der Waals surface area contributed by atoms with Crippen molar-refractivity contribution >= 4 is 22.5 Å². The number of nitrogen functional groups attached to an aromatic ring is 1. The van der Waals surface area contributed by atoms with Crippen molar-refractivity contribution in [2.45, 2.75) is 18.8 Å². The number of benzene rings is 2. The molecule has 2 aromatic carbocycles. The van der Waals surface area contributed by atoms with E-state index >= 15 is 0 Å². The first kappa shape index (κ1) is 19.4. The van der Waals surface area contributed by atoms with Gasteiger partial charge in [0.25, 0.3) is 0 Å². The number of fused-ring (bicyclic) bond motifs is 1. The SMILES string of the molecule is Nc1cc(-c2ccc3ncnc(N4CCC(c5ccc(F)cc5F)CC4)c3c2)ccn1. The van der Waals surface area contributed by atoms with Gasteiger partial charge in [0.15, 0.2) is 0 Å². The fourth-order valence-corrected chi connectivity index (χ4v) is 4.34. The average molecular weight is 417 g/mol. The topological polar surface area (TPSA) is 67.9 Å². The molecule has 2 aromatic heterocycles. The lowest BCUT2D eigenvalue weighted by Gasteiger charge is -2.33. The first-order valence-electron chi connectivity index (χ1n) is 10.2. The number of hydrogen-bond acceptors (Lipinski definition) is 5. The number of anilines is 2. The average Bonchev–Trinajstić information content (AvgIpc) is 2.79. The summed E-state index contributed by atoms with van der Waals surface area (Å²) in [5.41, 5.74) is 9.29. The van der Waals surface area contributed by atoms with E-state index in [9.17, 15) is 8.78 Å². The maximum absolute atomic E-state index is 14.2. The van der Waals surface area contributed by atoms with Gasteiger partial charge < -0.3 is 10.6 Å². The highest BCUT2D eigenvalue weighted by atomic mass is 19.1. The number of rotatable bonds is 3. The van der Waals surface area contributed by atoms with Crippen molar-refractivity contribution < 1.29 is 8.78 Å². The number of pyridine rings is 1. The summed E-state index contributed by atoms with van der Waals surface area (Å²) in [7, 11) is 0. The lowest BCUT2D eigenvalue weighted by Crippen LogP contribution is -2.34. The standard InChI is InChI=1S/C24H21F2N5/c25-18-2-3-19(21(26)13-18)15-6-9-31(10-7-15)24-20-11-16(1-4-22(20)29-14-30-24)17-5-8-28-23(27)12-17/h1-5,8,11-15H,6-7,9-10H2,(H2,27,28). The van der Waals surface area contributed by atoms with Gasteiger partial charge in [-0.3, -0.25) is 0 Å². The second-order valence-electron chi connectivity index (χ2n) is 7.83. The first-order chi connectivity index (χ1) is 15.1. The second kappa shape index (κ2) is 7.91. The van der Waals surface area contributed by atoms with Crippen LogP contribution in [0.1, 0.15) is 24.3 Å². The van der Waals surface area contributed by atoms with E-state index in [1.54, 1.807) is 18.6 Å². The number of hydrogen-bond donors (Lipinski definition) is 1. The van der Waals surface area contributed by atoms with Gasteiger partial charge in [0.1, 0.15) is 29.6 Å². The van der Waals surface area contributed by atoms with Gasteiger partial charge in [-0.25, -0.2) is 23.7 Å². The van der Waals surface area contributed by atoms with Gasteiger partial charge in [-0.1, -0.05) is 12.1 Å². The van der Waals surface area contributed by atoms with E-state index in [0.717, 1.165) is 59.8 Å². The molecule has 2 N–H and O–H groups in total. The molecule has 5 nitrogen and oxygen atoms in total. The smallest absolute Gasteiger partial charge is 0.139 e. The maximum Gasteiger partial charge on any atom is 0.139 e. The molecule has 4 aromatic rings. The third-order valence-electron chi connectivity index (χ3n) is 5.93. The van der Waals surface area contributed by atoms with Crippen LogP contribution in [0.3, 0.4) is 0 Å². The number of aromatic nitrogens is 3. The summed E-state index contributed by atoms with van der Waals surface area (Å²) in [5.74, 6) is 0.398. The lowest BCUT2D eigenvalue weighted by molar-refractivity contribution is 0.476. The Kier molecular flexibility index (Phi) is 4.94. The number of nitrogens with two attached hydrogens (primary N) is 1. The zero-order valence-corrected chi connectivity index (χ0v) is 16.8. The third-order valence-corrected chi connectivity index (χ3v) is 5.93. The Morgan fingerprint density at radius 2 is 1.68 bits per heavy atom. The molecule has 7 heteroatoms. The summed E-state index contributed by atoms with van der Waals surface area (Å²) >= 11 is 0. The van der Waals surface area contributed by atoms with Crippen molar-refractivity contribution in [1.29, 1.82) is 0 Å². The van der Waals surface area contributed by atoms with E-state index in [1.165, 1.54) is 6.07 Å². The molecule has 1 aliphatic heterocycles. The van der Waals surface area contributed by atoms with Crippen molar-refractivity contribution in [3.05, 3.63) is 78.3 Å². The lowest BCUT2D eigenvalue weighted by atomic mass is 9.89. The van der Waals surface area contributed by atoms with Gasteiger partial charge in [-0.05, 0) is 65.8 Å². The van der Waals surface area contributed by atoms with Crippen molar-refractivity contribution in [2.75, 3.05) is 23.7 Å². The molecular formula is C24H21F2N5. The van der Waals surface area contributed by atoms with Crippen LogP contribution >= 0.6 is 0 Å². The van der Waals surface area contributed by atoms with Gasteiger partial charge >= 0.3 is 0 Å². The van der Waals surface area contributed by atoms with E-state index in [2.05, 4.69) is 25.9 Å². The number of halogens is 2. The van der Waals surface area contributed by atoms with Gasteiger partial charge in [-0.2, -0.15) is 0 Å². The van der Waals surface area contributed by atoms with Gasteiger partial charge in [0.05, 0.1) is 5.52 Å². The van der Waals surface area contributed by atoms with Crippen LogP contribution in [0, 0.1) is 11.6 Å². The summed E-state index contributed by atoms with van der Waals surface area (Å²) < 4.78 is 27.5. The molecule has 3 heterocycles. The zero-order chi connectivity index (χ0) is 21.4. The van der Waals surface area contributed by atoms with Crippen LogP contribution in [-0.4, -0.2) is 28.0 Å². The molecule has 0 bridgehead atoms. The Morgan fingerprint density at radius 1 is 0.871 bits per heavy atom. The van der Waals surface area contributed by atoms with Crippen LogP contribution in [0.15, 0.2) is 61.1 Å². The molecule has 156 valence electrons. The number of nitrogens with zero attached hydrogens (tertiary/aromatic N) is 4. The fourth-order valence-electron chi connectivity index (χ4n) is 4.34. The largest absolute Gasteiger partial charge is 0.384 e. The van der Waals surface area contributed by atoms with Gasteiger partial charge in [0.2, 0.25) is 0 Å². The quantitative estimate of drug-likeness (QED) is 0.512. The molecule has 0 saturated carbocycles. The van der Waals surface area contributed by atoms with E-state index in [0.29, 0.717) is 11.4 Å². The minimum Gasteiger partial charge on any atom is -0.384 e. The summed E-state index contributed by atoms with van der Waals surface area (Å²) in [5, 5.41) is 0.960. The summed E-state index contributed by atoms with van der Waals surface area (Å²) in [6.07, 6.45) is 4.81. The zero-order valence-electron chi connectivity index (χ0n) is 16.8. The Bertz CT molecular complexity index is 1250. The molecule has 0 unspecified atom stereocenters. The second-order valence-corrected chi connectivity index (χ2v) is 7.83. The van der Waals surface area contributed by atoms with Crippen molar-refractivity contribution in [3.63, 3.8) is 0 Å². The fraction of sp³-hybridized carbons (Fsp3) is 0.208. The van der Waals surface area contributed by atoms with Crippen molar-refractivity contribution in [1.82, 2.24) is 15.0 Å². The van der Waals surface area contributed by atoms with Gasteiger partial charge in [-0.15, -0.1) is 0 Å². The van der Waals surface area contributed by atoms with Crippen LogP contribution in [-0.2, 0) is 0 Å². The van der Waals surface area contributed by atoms with Crippen LogP contribution in [0.5, 0.6) is 0 Å². The molecule has 0 amide bonds. The summed E-state index contributed by atoms with van der Waals surface area (Å²) in [6.45, 7) is 1.47. The highest BCUT2D eigenvalue weighted by Crippen LogP contribution is 2.34. The number of piperidine rings is 1. The van der Waals surface area contributed by atoms with Crippen LogP contribution in [0.4, 0.5) is 20.4 Å². The third kappa shape index (κ3) is 3.79. The highest BCUT2D eigenvalue weighted by molar-refractivity contribution is 5.93. The molecule has 5 rings (SSSR count). The summed E-state index contributed by atoms with van der Waals surface area (Å²) in [6, 6.07) is 13.7. The van der Waals surface area contributed by atoms with Crippen molar-refractivity contribution in [3.8, 4) is 11.1 Å². The summed E-state index contributed by atoms with van der Waals surface area (Å²) in [4.78, 5) is 15.2. The van der Waals surface area contributed by atoms with E-state index in [-0.39, 0.29) is 5.92 Å². The molecule has 0 aliphatic carbocycles. The Balaban J connectivity index is 1.43. The molecule has 1 aliphatic rings. The maximum atomic E-state index is 14.2. The van der Waals surface area contributed by atoms with E-state index in [1.807, 2.05) is 24.3 Å². The monoisotopic (exact) mass is 417 g/mol. The van der Waals surface area contributed by atoms with Gasteiger partial charge in [0, 0.05) is 30.7 Å². The predicted octanol–water partition coefficient (Wildman–Crippen LogP) is 4.94. The Morgan fingerprint density at radius 3 is 2.45 bits per heavy atom. The predicted molar refractivity (Wildman–Crippen MR) is 118 cm³/mol. The van der Waals surface area contributed by atoms with Crippen LogP contribution in [0.2, 0.25) is 0 Å². The molecule has 1 saturated heterocycles. The molecule has 0 atom stereocenters. The highest BCUT2D eigenvalue weighted by Gasteiger charge is 2.25. The Hall–Kier alpha value is -3.61. The molecule has 31 heavy (non-hydrogen) atoms. The Labute approximate surface area is 178 Å². The molecule has 1 fully saturated rings. The normalized spacial score (nSPS) is 14.8. The molecule has 0 spiro atoms. The minimum absolute atomic E-state index is 0.0697. The van der Waals surface area contributed by atoms with Crippen LogP contribution < -0.4 is 10.6 Å². The minimum atomic E-state index is -0.544. The van der Waals surface area contributed by atoms with Crippen LogP contribution in [0.25, 0.3) is 22.0 Å². The first-order valence-corrected chi connectivity index (χ1v) is 10.2. The molecule has 0 radical (unpaired) electrons.